The molecule has 0 atom stereocenters. The van der Waals surface area contributed by atoms with Crippen LogP contribution in [-0.2, 0) is 5.41 Å². The van der Waals surface area contributed by atoms with Gasteiger partial charge in [-0.3, -0.25) is 0 Å². The van der Waals surface area contributed by atoms with Crippen LogP contribution in [0.2, 0.25) is 0 Å². The van der Waals surface area contributed by atoms with Gasteiger partial charge in [-0.1, -0.05) is 56.3 Å². The van der Waals surface area contributed by atoms with Gasteiger partial charge in [-0.25, -0.2) is 0 Å². The quantitative estimate of drug-likeness (QED) is 0.732. The van der Waals surface area contributed by atoms with E-state index in [0.29, 0.717) is 6.61 Å². The standard InChI is InChI=1S/C21H28N2O/c1-21(2,18-6-4-3-5-7-18)19-8-10-20(11-9-19)24-13-12-22-14-17-15-23-16-17/h3-11,17,22-23H,12-16H2,1-2H3. The molecule has 3 rings (SSSR count). The molecule has 1 aliphatic rings. The van der Waals surface area contributed by atoms with E-state index in [4.69, 9.17) is 4.74 Å². The number of hydrogen-bond acceptors (Lipinski definition) is 3. The fraction of sp³-hybridized carbons (Fsp3) is 0.429. The van der Waals surface area contributed by atoms with Crippen LogP contribution in [0.3, 0.4) is 0 Å². The lowest BCUT2D eigenvalue weighted by molar-refractivity contribution is 0.290. The van der Waals surface area contributed by atoms with E-state index in [2.05, 4.69) is 79.1 Å². The Morgan fingerprint density at radius 2 is 1.67 bits per heavy atom. The third-order valence-electron chi connectivity index (χ3n) is 4.92. The molecular formula is C21H28N2O. The van der Waals surface area contributed by atoms with Gasteiger partial charge in [0.05, 0.1) is 0 Å². The fourth-order valence-electron chi connectivity index (χ4n) is 3.03. The van der Waals surface area contributed by atoms with Gasteiger partial charge in [-0.15, -0.1) is 0 Å². The van der Waals surface area contributed by atoms with Crippen LogP contribution < -0.4 is 15.4 Å². The molecule has 0 unspecified atom stereocenters. The zero-order valence-corrected chi connectivity index (χ0v) is 14.7. The minimum absolute atomic E-state index is 0.00183. The van der Waals surface area contributed by atoms with Crippen molar-refractivity contribution in [3.05, 3.63) is 65.7 Å². The number of benzene rings is 2. The van der Waals surface area contributed by atoms with Gasteiger partial charge in [0, 0.05) is 31.6 Å². The lowest BCUT2D eigenvalue weighted by Crippen LogP contribution is -2.47. The maximum Gasteiger partial charge on any atom is 0.119 e. The van der Waals surface area contributed by atoms with Gasteiger partial charge in [0.25, 0.3) is 0 Å². The van der Waals surface area contributed by atoms with E-state index in [9.17, 15) is 0 Å². The second-order valence-electron chi connectivity index (χ2n) is 7.09. The van der Waals surface area contributed by atoms with Crippen molar-refractivity contribution in [2.75, 3.05) is 32.8 Å². The molecule has 2 aromatic rings. The summed E-state index contributed by atoms with van der Waals surface area (Å²) < 4.78 is 5.83. The van der Waals surface area contributed by atoms with Crippen LogP contribution in [0.5, 0.6) is 5.75 Å². The lowest BCUT2D eigenvalue weighted by atomic mass is 9.78. The van der Waals surface area contributed by atoms with Crippen molar-refractivity contribution in [2.45, 2.75) is 19.3 Å². The Kier molecular flexibility index (Phi) is 5.54. The summed E-state index contributed by atoms with van der Waals surface area (Å²) in [5.74, 6) is 1.74. The van der Waals surface area contributed by atoms with E-state index in [-0.39, 0.29) is 5.41 Å². The molecule has 2 aromatic carbocycles. The monoisotopic (exact) mass is 324 g/mol. The van der Waals surface area contributed by atoms with Crippen molar-refractivity contribution < 1.29 is 4.74 Å². The predicted molar refractivity (Wildman–Crippen MR) is 99.7 cm³/mol. The number of rotatable bonds is 8. The van der Waals surface area contributed by atoms with Crippen molar-refractivity contribution in [3.63, 3.8) is 0 Å². The van der Waals surface area contributed by atoms with Gasteiger partial charge in [0.15, 0.2) is 0 Å². The molecule has 3 nitrogen and oxygen atoms in total. The van der Waals surface area contributed by atoms with Crippen LogP contribution >= 0.6 is 0 Å². The Morgan fingerprint density at radius 3 is 2.29 bits per heavy atom. The molecule has 2 N–H and O–H groups in total. The zero-order valence-electron chi connectivity index (χ0n) is 14.7. The van der Waals surface area contributed by atoms with Crippen molar-refractivity contribution in [3.8, 4) is 5.75 Å². The van der Waals surface area contributed by atoms with Crippen LogP contribution in [0.4, 0.5) is 0 Å². The largest absolute Gasteiger partial charge is 0.492 e. The fourth-order valence-corrected chi connectivity index (χ4v) is 3.03. The van der Waals surface area contributed by atoms with E-state index in [1.807, 2.05) is 0 Å². The summed E-state index contributed by atoms with van der Waals surface area (Å²) in [7, 11) is 0. The maximum absolute atomic E-state index is 5.83. The van der Waals surface area contributed by atoms with Gasteiger partial charge in [-0.05, 0) is 29.2 Å². The molecule has 0 saturated carbocycles. The van der Waals surface area contributed by atoms with Gasteiger partial charge >= 0.3 is 0 Å². The summed E-state index contributed by atoms with van der Waals surface area (Å²) in [5, 5.41) is 6.74. The van der Waals surface area contributed by atoms with Gasteiger partial charge in [-0.2, -0.15) is 0 Å². The highest BCUT2D eigenvalue weighted by atomic mass is 16.5. The Balaban J connectivity index is 1.49. The molecular weight excluding hydrogens is 296 g/mol. The van der Waals surface area contributed by atoms with Crippen molar-refractivity contribution >= 4 is 0 Å². The van der Waals surface area contributed by atoms with E-state index in [0.717, 1.165) is 37.8 Å². The Morgan fingerprint density at radius 1 is 1.00 bits per heavy atom. The molecule has 0 amide bonds. The minimum atomic E-state index is -0.00183. The summed E-state index contributed by atoms with van der Waals surface area (Å²) in [6.07, 6.45) is 0. The molecule has 1 heterocycles. The van der Waals surface area contributed by atoms with Gasteiger partial charge in [0.2, 0.25) is 0 Å². The second-order valence-corrected chi connectivity index (χ2v) is 7.09. The molecule has 0 spiro atoms. The lowest BCUT2D eigenvalue weighted by Gasteiger charge is -2.27. The second kappa shape index (κ2) is 7.82. The average Bonchev–Trinajstić information content (AvgIpc) is 2.57. The zero-order chi connectivity index (χ0) is 16.8. The van der Waals surface area contributed by atoms with Crippen LogP contribution in [0, 0.1) is 5.92 Å². The summed E-state index contributed by atoms with van der Waals surface area (Å²) in [4.78, 5) is 0. The highest BCUT2D eigenvalue weighted by molar-refractivity contribution is 5.39. The minimum Gasteiger partial charge on any atom is -0.492 e. The van der Waals surface area contributed by atoms with Crippen LogP contribution in [0.1, 0.15) is 25.0 Å². The molecule has 1 aliphatic heterocycles. The van der Waals surface area contributed by atoms with Gasteiger partial charge < -0.3 is 15.4 Å². The highest BCUT2D eigenvalue weighted by Gasteiger charge is 2.22. The first-order valence-electron chi connectivity index (χ1n) is 8.86. The topological polar surface area (TPSA) is 33.3 Å². The molecule has 3 heteroatoms. The SMILES string of the molecule is CC(C)(c1ccccc1)c1ccc(OCCNCC2CNC2)cc1. The smallest absolute Gasteiger partial charge is 0.119 e. The van der Waals surface area contributed by atoms with Crippen molar-refractivity contribution in [1.82, 2.24) is 10.6 Å². The number of nitrogens with one attached hydrogen (secondary N) is 2. The molecule has 1 saturated heterocycles. The predicted octanol–water partition coefficient (Wildman–Crippen LogP) is 3.20. The molecule has 0 radical (unpaired) electrons. The first-order chi connectivity index (χ1) is 11.7. The highest BCUT2D eigenvalue weighted by Crippen LogP contribution is 2.32. The van der Waals surface area contributed by atoms with Crippen LogP contribution in [-0.4, -0.2) is 32.8 Å². The van der Waals surface area contributed by atoms with Crippen molar-refractivity contribution in [2.24, 2.45) is 5.92 Å². The molecule has 1 fully saturated rings. The molecule has 0 bridgehead atoms. The third-order valence-corrected chi connectivity index (χ3v) is 4.92. The first kappa shape index (κ1) is 17.0. The normalized spacial score (nSPS) is 15.1. The molecule has 128 valence electrons. The van der Waals surface area contributed by atoms with Crippen LogP contribution in [0.15, 0.2) is 54.6 Å². The molecule has 24 heavy (non-hydrogen) atoms. The third kappa shape index (κ3) is 4.16. The number of ether oxygens (including phenoxy) is 1. The first-order valence-corrected chi connectivity index (χ1v) is 8.86. The summed E-state index contributed by atoms with van der Waals surface area (Å²) in [5.41, 5.74) is 2.63. The number of hydrogen-bond donors (Lipinski definition) is 2. The molecule has 0 aromatic heterocycles. The van der Waals surface area contributed by atoms with E-state index in [1.165, 1.54) is 11.1 Å². The Bertz CT molecular complexity index is 618. The van der Waals surface area contributed by atoms with Crippen molar-refractivity contribution in [1.29, 1.82) is 0 Å². The summed E-state index contributed by atoms with van der Waals surface area (Å²) in [6.45, 7) is 9.50. The summed E-state index contributed by atoms with van der Waals surface area (Å²) >= 11 is 0. The summed E-state index contributed by atoms with van der Waals surface area (Å²) in [6, 6.07) is 19.1. The van der Waals surface area contributed by atoms with Gasteiger partial charge in [0.1, 0.15) is 12.4 Å². The Labute approximate surface area is 145 Å². The maximum atomic E-state index is 5.83. The Hall–Kier alpha value is -1.84. The van der Waals surface area contributed by atoms with E-state index < -0.39 is 0 Å². The molecule has 0 aliphatic carbocycles. The van der Waals surface area contributed by atoms with Crippen LogP contribution in [0.25, 0.3) is 0 Å². The van der Waals surface area contributed by atoms with E-state index >= 15 is 0 Å². The van der Waals surface area contributed by atoms with E-state index in [1.54, 1.807) is 0 Å². The average molecular weight is 324 g/mol.